The number of aromatic nitrogens is 2. The maximum Gasteiger partial charge on any atom is 0.387 e. The first-order valence-corrected chi connectivity index (χ1v) is 21.8. The number of halogens is 2. The first kappa shape index (κ1) is 54.0. The lowest BCUT2D eigenvalue weighted by atomic mass is 10.0. The number of hydrogen-bond acceptors (Lipinski definition) is 10. The number of hydrogen-bond donors (Lipinski definition) is 1. The second-order valence-corrected chi connectivity index (χ2v) is 16.3. The van der Waals surface area contributed by atoms with Gasteiger partial charge in [0, 0.05) is 51.6 Å². The Morgan fingerprint density at radius 3 is 1.78 bits per heavy atom. The number of benzene rings is 2. The van der Waals surface area contributed by atoms with Crippen LogP contribution in [0.25, 0.3) is 0 Å². The third-order valence-corrected chi connectivity index (χ3v) is 10.2. The zero-order chi connectivity index (χ0) is 45.8. The fraction of sp³-hybridized carbons (Fsp3) is 0.520. The summed E-state index contributed by atoms with van der Waals surface area (Å²) in [7, 11) is 0. The Labute approximate surface area is 375 Å². The first-order chi connectivity index (χ1) is 29.5. The summed E-state index contributed by atoms with van der Waals surface area (Å²) in [6.45, 7) is 25.4. The zero-order valence-electron chi connectivity index (χ0n) is 38.6. The van der Waals surface area contributed by atoms with Crippen LogP contribution in [0.1, 0.15) is 140 Å². The third kappa shape index (κ3) is 18.6. The number of alkyl halides is 2. The molecule has 2 aliphatic rings. The van der Waals surface area contributed by atoms with E-state index in [-0.39, 0.29) is 31.0 Å². The van der Waals surface area contributed by atoms with Gasteiger partial charge in [0.25, 0.3) is 0 Å². The first-order valence-electron chi connectivity index (χ1n) is 21.8. The van der Waals surface area contributed by atoms with Gasteiger partial charge in [0.2, 0.25) is 11.8 Å². The largest absolute Gasteiger partial charge is 0.478 e. The molecule has 2 fully saturated rings. The normalized spacial score (nSPS) is 13.7. The second kappa shape index (κ2) is 27.8. The molecule has 0 spiro atoms. The molecule has 4 aromatic rings. The van der Waals surface area contributed by atoms with Crippen molar-refractivity contribution in [2.24, 2.45) is 0 Å². The summed E-state index contributed by atoms with van der Waals surface area (Å²) in [6.07, 6.45) is 3.66. The number of nitrogens with zero attached hydrogens (tertiary/aromatic N) is 4. The Bertz CT molecular complexity index is 1910. The van der Waals surface area contributed by atoms with Crippen molar-refractivity contribution < 1.29 is 37.3 Å². The average Bonchev–Trinajstić information content (AvgIpc) is 3.21. The lowest BCUT2D eigenvalue weighted by Crippen LogP contribution is -2.56. The number of carbonyl (C=O) groups is 2. The summed E-state index contributed by atoms with van der Waals surface area (Å²) >= 11 is 0. The predicted molar refractivity (Wildman–Crippen MR) is 251 cm³/mol. The highest BCUT2D eigenvalue weighted by atomic mass is 19.3. The van der Waals surface area contributed by atoms with Crippen LogP contribution in [0.15, 0.2) is 79.1 Å². The number of nitrogens with one attached hydrogen (secondary N) is 1. The average molecular weight is 878 g/mol. The molecule has 0 atom stereocenters. The predicted octanol–water partition coefficient (Wildman–Crippen LogP) is 11.3. The number of piperazine rings is 1. The molecule has 348 valence electrons. The van der Waals surface area contributed by atoms with Crippen LogP contribution in [0, 0.1) is 0 Å². The fourth-order valence-electron chi connectivity index (χ4n) is 6.31. The number of carbonyl (C=O) groups excluding carboxylic acids is 2. The van der Waals surface area contributed by atoms with E-state index in [9.17, 15) is 18.4 Å². The molecule has 2 aromatic heterocycles. The molecule has 1 N–H and O–H groups in total. The van der Waals surface area contributed by atoms with Gasteiger partial charge in [-0.1, -0.05) is 93.1 Å². The number of rotatable bonds is 13. The van der Waals surface area contributed by atoms with Crippen molar-refractivity contribution >= 4 is 23.4 Å². The minimum absolute atomic E-state index is 0. The Balaban J connectivity index is 0.000000300. The van der Waals surface area contributed by atoms with E-state index in [1.165, 1.54) is 18.1 Å². The van der Waals surface area contributed by atoms with Crippen LogP contribution in [0.4, 0.5) is 20.3 Å². The van der Waals surface area contributed by atoms with Gasteiger partial charge in [0.05, 0.1) is 43.7 Å². The van der Waals surface area contributed by atoms with Crippen LogP contribution in [-0.4, -0.2) is 92.0 Å². The summed E-state index contributed by atoms with van der Waals surface area (Å²) < 4.78 is 45.7. The summed E-state index contributed by atoms with van der Waals surface area (Å²) in [4.78, 5) is 34.9. The van der Waals surface area contributed by atoms with E-state index in [0.29, 0.717) is 54.3 Å². The number of anilines is 2. The Morgan fingerprint density at radius 1 is 0.746 bits per heavy atom. The molecule has 4 heterocycles. The minimum Gasteiger partial charge on any atom is -0.478 e. The van der Waals surface area contributed by atoms with Crippen LogP contribution < -0.4 is 19.7 Å². The molecular weight excluding hydrogens is 805 g/mol. The monoisotopic (exact) mass is 878 g/mol. The van der Waals surface area contributed by atoms with Crippen molar-refractivity contribution in [2.75, 3.05) is 62.8 Å². The molecule has 2 saturated heterocycles. The van der Waals surface area contributed by atoms with E-state index in [2.05, 4.69) is 72.7 Å². The summed E-state index contributed by atoms with van der Waals surface area (Å²) in [5.74, 6) is 2.99. The molecule has 0 saturated carbocycles. The maximum absolute atomic E-state index is 12.8. The van der Waals surface area contributed by atoms with E-state index < -0.39 is 6.61 Å². The molecule has 13 heteroatoms. The molecule has 0 bridgehead atoms. The highest BCUT2D eigenvalue weighted by molar-refractivity contribution is 5.89. The van der Waals surface area contributed by atoms with Gasteiger partial charge in [-0.3, -0.25) is 9.69 Å². The van der Waals surface area contributed by atoms with Crippen molar-refractivity contribution in [2.45, 2.75) is 120 Å². The maximum atomic E-state index is 12.8. The Hall–Kier alpha value is -5.14. The van der Waals surface area contributed by atoms with E-state index >= 15 is 0 Å². The fourth-order valence-corrected chi connectivity index (χ4v) is 6.31. The smallest absolute Gasteiger partial charge is 0.387 e. The Kier molecular flexibility index (Phi) is 23.8. The van der Waals surface area contributed by atoms with E-state index in [0.717, 1.165) is 56.2 Å². The highest BCUT2D eigenvalue weighted by Gasteiger charge is 2.30. The van der Waals surface area contributed by atoms with Crippen LogP contribution in [-0.2, 0) is 14.3 Å². The third-order valence-electron chi connectivity index (χ3n) is 10.2. The summed E-state index contributed by atoms with van der Waals surface area (Å²) in [6, 6.07) is 21.5. The van der Waals surface area contributed by atoms with Gasteiger partial charge in [-0.05, 0) is 90.1 Å². The van der Waals surface area contributed by atoms with Crippen LogP contribution >= 0.6 is 0 Å². The van der Waals surface area contributed by atoms with Gasteiger partial charge in [0.1, 0.15) is 11.6 Å². The molecular formula is C50H73F2N5O6. The highest BCUT2D eigenvalue weighted by Crippen LogP contribution is 2.34. The summed E-state index contributed by atoms with van der Waals surface area (Å²) in [5, 5.41) is 2.62. The summed E-state index contributed by atoms with van der Waals surface area (Å²) in [5.41, 5.74) is 6.00. The van der Waals surface area contributed by atoms with Gasteiger partial charge in [-0.25, -0.2) is 14.8 Å². The molecule has 0 unspecified atom stereocenters. The van der Waals surface area contributed by atoms with Crippen molar-refractivity contribution in [3.63, 3.8) is 0 Å². The van der Waals surface area contributed by atoms with Crippen molar-refractivity contribution in [1.29, 1.82) is 0 Å². The van der Waals surface area contributed by atoms with Crippen LogP contribution in [0.2, 0.25) is 0 Å². The Morgan fingerprint density at radius 2 is 1.32 bits per heavy atom. The number of pyridine rings is 2. The molecule has 0 radical (unpaired) electrons. The molecule has 2 aliphatic heterocycles. The van der Waals surface area contributed by atoms with Gasteiger partial charge in [0.15, 0.2) is 0 Å². The SMILES string of the molecule is C.CC(=O)Nc1ccc(C(C)C)cn1.CC(C)c1ccc(N2CCN(C3COC3)CC2)c(OC(F)F)c1.CCOC(=O)c1cccc(C(C)C)c1.CCOc1ccc(C(C)C)cn1. The molecule has 11 nitrogen and oxygen atoms in total. The molecule has 0 aliphatic carbocycles. The molecule has 63 heavy (non-hydrogen) atoms. The van der Waals surface area contributed by atoms with Crippen molar-refractivity contribution in [1.82, 2.24) is 14.9 Å². The zero-order valence-corrected chi connectivity index (χ0v) is 38.6. The molecule has 1 amide bonds. The van der Waals surface area contributed by atoms with Crippen molar-refractivity contribution in [3.8, 4) is 11.6 Å². The van der Waals surface area contributed by atoms with Crippen LogP contribution in [0.3, 0.4) is 0 Å². The topological polar surface area (TPSA) is 115 Å². The lowest BCUT2D eigenvalue weighted by molar-refractivity contribution is -0.114. The molecule has 6 rings (SSSR count). The standard InChI is InChI=1S/C17H24F2N2O2.C12H16O2.C10H14N2O.C10H15NO.CH4/c1-12(2)13-3-4-15(16(9-13)23-17(18)19)21-7-5-20(6-8-21)14-10-22-11-14;1-4-14-12(13)11-7-5-6-10(8-11)9(2)3;1-7(2)9-4-5-10(11-6-9)12-8(3)13;1-4-12-10-6-5-9(7-11-10)8(2)3;/h3-4,9,12,14,17H,5-8,10-11H2,1-2H3;5-9H,4H2,1-3H3;4-7H,1-3H3,(H,11,12,13);5-8H,4H2,1-3H3;1H4. The van der Waals surface area contributed by atoms with Gasteiger partial charge >= 0.3 is 12.6 Å². The quantitative estimate of drug-likeness (QED) is 0.130. The number of esters is 1. The van der Waals surface area contributed by atoms with E-state index in [4.69, 9.17) is 18.9 Å². The van der Waals surface area contributed by atoms with Gasteiger partial charge in [-0.15, -0.1) is 0 Å². The van der Waals surface area contributed by atoms with Gasteiger partial charge < -0.3 is 29.2 Å². The minimum atomic E-state index is -2.80. The second-order valence-electron chi connectivity index (χ2n) is 16.3. The van der Waals surface area contributed by atoms with Gasteiger partial charge in [-0.2, -0.15) is 8.78 Å². The van der Waals surface area contributed by atoms with E-state index in [1.807, 2.05) is 82.4 Å². The lowest BCUT2D eigenvalue weighted by Gasteiger charge is -2.43. The van der Waals surface area contributed by atoms with Crippen LogP contribution in [0.5, 0.6) is 11.6 Å². The number of amides is 1. The van der Waals surface area contributed by atoms with E-state index in [1.54, 1.807) is 18.3 Å². The number of ether oxygens (including phenoxy) is 4. The van der Waals surface area contributed by atoms with Crippen molar-refractivity contribution in [3.05, 3.63) is 107 Å². The molecule has 2 aromatic carbocycles.